The number of nitrogens with zero attached hydrogens (tertiary/aromatic N) is 1. The summed E-state index contributed by atoms with van der Waals surface area (Å²) in [6, 6.07) is 13.4. The fraction of sp³-hybridized carbons (Fsp3) is 0.250. The molecule has 2 heterocycles. The summed E-state index contributed by atoms with van der Waals surface area (Å²) in [6.45, 7) is 0.981. The third kappa shape index (κ3) is 2.57. The van der Waals surface area contributed by atoms with Gasteiger partial charge in [0.05, 0.1) is 6.61 Å². The van der Waals surface area contributed by atoms with Crippen molar-refractivity contribution in [2.75, 3.05) is 24.3 Å². The molecule has 5 heteroatoms. The molecule has 0 fully saturated rings. The van der Waals surface area contributed by atoms with Gasteiger partial charge in [-0.05, 0) is 36.6 Å². The lowest BCUT2D eigenvalue weighted by molar-refractivity contribution is 0.0954. The van der Waals surface area contributed by atoms with Gasteiger partial charge in [-0.3, -0.25) is 4.79 Å². The van der Waals surface area contributed by atoms with Crippen LogP contribution in [-0.4, -0.2) is 19.6 Å². The Bertz CT molecular complexity index is 945. The van der Waals surface area contributed by atoms with Crippen LogP contribution in [0.25, 0.3) is 11.0 Å². The van der Waals surface area contributed by atoms with Crippen molar-refractivity contribution in [3.8, 4) is 0 Å². The van der Waals surface area contributed by atoms with E-state index in [-0.39, 0.29) is 5.91 Å². The highest BCUT2D eigenvalue weighted by atomic mass is 16.5. The molecule has 5 nitrogen and oxygen atoms in total. The van der Waals surface area contributed by atoms with Crippen LogP contribution in [0.5, 0.6) is 0 Å². The highest BCUT2D eigenvalue weighted by Crippen LogP contribution is 2.34. The maximum Gasteiger partial charge on any atom is 0.294 e. The van der Waals surface area contributed by atoms with Gasteiger partial charge in [0.25, 0.3) is 5.91 Å². The van der Waals surface area contributed by atoms with Crippen LogP contribution >= 0.6 is 0 Å². The number of furan rings is 1. The van der Waals surface area contributed by atoms with Gasteiger partial charge in [-0.25, -0.2) is 0 Å². The number of para-hydroxylation sites is 1. The number of amides is 1. The van der Waals surface area contributed by atoms with E-state index in [1.165, 1.54) is 0 Å². The summed E-state index contributed by atoms with van der Waals surface area (Å²) in [7, 11) is 1.62. The van der Waals surface area contributed by atoms with Crippen LogP contribution in [0.2, 0.25) is 0 Å². The predicted octanol–water partition coefficient (Wildman–Crippen LogP) is 3.75. The number of rotatable bonds is 3. The van der Waals surface area contributed by atoms with Gasteiger partial charge in [0, 0.05) is 36.0 Å². The summed E-state index contributed by atoms with van der Waals surface area (Å²) in [4.78, 5) is 15.0. The smallest absolute Gasteiger partial charge is 0.294 e. The molecule has 0 aliphatic carbocycles. The largest absolute Gasteiger partial charge is 0.450 e. The molecule has 25 heavy (non-hydrogen) atoms. The van der Waals surface area contributed by atoms with Gasteiger partial charge < -0.3 is 19.8 Å². The van der Waals surface area contributed by atoms with Crippen LogP contribution in [0.3, 0.4) is 0 Å². The molecule has 0 radical (unpaired) electrons. The monoisotopic (exact) mass is 336 g/mol. The van der Waals surface area contributed by atoms with Crippen LogP contribution in [0.4, 0.5) is 11.4 Å². The van der Waals surface area contributed by atoms with E-state index in [9.17, 15) is 4.79 Å². The van der Waals surface area contributed by atoms with Crippen molar-refractivity contribution >= 4 is 28.3 Å². The molecule has 1 aliphatic rings. The van der Waals surface area contributed by atoms with Crippen molar-refractivity contribution in [3.63, 3.8) is 0 Å². The Labute approximate surface area is 146 Å². The van der Waals surface area contributed by atoms with Gasteiger partial charge in [0.1, 0.15) is 5.58 Å². The zero-order valence-corrected chi connectivity index (χ0v) is 14.1. The van der Waals surface area contributed by atoms with E-state index < -0.39 is 0 Å². The first-order chi connectivity index (χ1) is 12.2. The van der Waals surface area contributed by atoms with Crippen molar-refractivity contribution in [2.45, 2.75) is 19.4 Å². The lowest BCUT2D eigenvalue weighted by Crippen LogP contribution is -2.36. The van der Waals surface area contributed by atoms with Gasteiger partial charge in [-0.2, -0.15) is 0 Å². The fourth-order valence-electron chi connectivity index (χ4n) is 3.54. The molecule has 128 valence electrons. The number of nitrogen functional groups attached to an aromatic ring is 1. The van der Waals surface area contributed by atoms with Crippen molar-refractivity contribution in [1.82, 2.24) is 0 Å². The zero-order valence-electron chi connectivity index (χ0n) is 14.1. The molecule has 2 N–H and O–H groups in total. The van der Waals surface area contributed by atoms with Crippen molar-refractivity contribution in [3.05, 3.63) is 59.4 Å². The van der Waals surface area contributed by atoms with E-state index in [0.29, 0.717) is 24.5 Å². The lowest BCUT2D eigenvalue weighted by atomic mass is 9.99. The average Bonchev–Trinajstić information content (AvgIpc) is 3.00. The number of fused-ring (bicyclic) bond motifs is 2. The molecule has 3 aromatic rings. The molecular formula is C20H20N2O3. The molecule has 1 aliphatic heterocycles. The van der Waals surface area contributed by atoms with Crippen LogP contribution in [0.15, 0.2) is 46.9 Å². The fourth-order valence-corrected chi connectivity index (χ4v) is 3.54. The van der Waals surface area contributed by atoms with Crippen LogP contribution in [0, 0.1) is 0 Å². The van der Waals surface area contributed by atoms with Crippen molar-refractivity contribution in [2.24, 2.45) is 0 Å². The normalized spacial score (nSPS) is 13.9. The molecule has 0 spiro atoms. The highest BCUT2D eigenvalue weighted by molar-refractivity contribution is 6.08. The number of nitrogens with two attached hydrogens (primary N) is 1. The molecule has 0 atom stereocenters. The number of methoxy groups -OCH3 is 1. The summed E-state index contributed by atoms with van der Waals surface area (Å²) in [5.74, 6) is 0.202. The Hall–Kier alpha value is -2.79. The minimum atomic E-state index is -0.144. The molecule has 0 saturated carbocycles. The minimum absolute atomic E-state index is 0.144. The zero-order chi connectivity index (χ0) is 17.4. The molecule has 4 rings (SSSR count). The van der Waals surface area contributed by atoms with E-state index in [4.69, 9.17) is 14.9 Å². The number of hydrogen-bond acceptors (Lipinski definition) is 4. The molecule has 1 amide bonds. The summed E-state index contributed by atoms with van der Waals surface area (Å²) in [5.41, 5.74) is 10.2. The Morgan fingerprint density at radius 3 is 2.92 bits per heavy atom. The van der Waals surface area contributed by atoms with Crippen LogP contribution in [-0.2, 0) is 17.8 Å². The van der Waals surface area contributed by atoms with Crippen LogP contribution in [0.1, 0.15) is 28.1 Å². The van der Waals surface area contributed by atoms with Gasteiger partial charge in [-0.15, -0.1) is 0 Å². The first-order valence-electron chi connectivity index (χ1n) is 8.39. The second kappa shape index (κ2) is 6.26. The predicted molar refractivity (Wildman–Crippen MR) is 97.8 cm³/mol. The summed E-state index contributed by atoms with van der Waals surface area (Å²) in [5, 5.41) is 0.914. The highest BCUT2D eigenvalue weighted by Gasteiger charge is 2.29. The molecule has 2 aromatic carbocycles. The van der Waals surface area contributed by atoms with Gasteiger partial charge in [0.15, 0.2) is 5.76 Å². The average molecular weight is 336 g/mol. The molecule has 0 unspecified atom stereocenters. The Kier molecular flexibility index (Phi) is 3.93. The number of anilines is 2. The SMILES string of the molecule is COCc1c(C(=O)N2CCCc3c(N)cccc32)oc2ccccc12. The molecular weight excluding hydrogens is 316 g/mol. The Balaban J connectivity index is 1.82. The number of hydrogen-bond donors (Lipinski definition) is 1. The lowest BCUT2D eigenvalue weighted by Gasteiger charge is -2.29. The quantitative estimate of drug-likeness (QED) is 0.740. The Morgan fingerprint density at radius 1 is 1.24 bits per heavy atom. The molecule has 1 aromatic heterocycles. The number of carbonyl (C=O) groups is 1. The minimum Gasteiger partial charge on any atom is -0.450 e. The van der Waals surface area contributed by atoms with Crippen molar-refractivity contribution in [1.29, 1.82) is 0 Å². The topological polar surface area (TPSA) is 68.7 Å². The first kappa shape index (κ1) is 15.7. The molecule has 0 saturated heterocycles. The third-order valence-electron chi connectivity index (χ3n) is 4.71. The van der Waals surface area contributed by atoms with Crippen LogP contribution < -0.4 is 10.6 Å². The third-order valence-corrected chi connectivity index (χ3v) is 4.71. The van der Waals surface area contributed by atoms with E-state index in [0.717, 1.165) is 40.7 Å². The maximum absolute atomic E-state index is 13.3. The second-order valence-corrected chi connectivity index (χ2v) is 6.24. The Morgan fingerprint density at radius 2 is 2.08 bits per heavy atom. The summed E-state index contributed by atoms with van der Waals surface area (Å²) < 4.78 is 11.2. The number of benzene rings is 2. The van der Waals surface area contributed by atoms with Crippen molar-refractivity contribution < 1.29 is 13.9 Å². The summed E-state index contributed by atoms with van der Waals surface area (Å²) in [6.07, 6.45) is 1.77. The standard InChI is InChI=1S/C20H20N2O3/c1-24-12-15-13-6-2-3-10-18(13)25-19(15)20(23)22-11-5-7-14-16(21)8-4-9-17(14)22/h2-4,6,8-10H,5,7,11-12,21H2,1H3. The van der Waals surface area contributed by atoms with Gasteiger partial charge in [0.2, 0.25) is 0 Å². The van der Waals surface area contributed by atoms with E-state index in [1.807, 2.05) is 42.5 Å². The van der Waals surface area contributed by atoms with E-state index in [1.54, 1.807) is 12.0 Å². The maximum atomic E-state index is 13.3. The second-order valence-electron chi connectivity index (χ2n) is 6.24. The summed E-state index contributed by atoms with van der Waals surface area (Å²) >= 11 is 0. The van der Waals surface area contributed by atoms with Gasteiger partial charge in [-0.1, -0.05) is 24.3 Å². The van der Waals surface area contributed by atoms with E-state index >= 15 is 0 Å². The number of ether oxygens (including phenoxy) is 1. The first-order valence-corrected chi connectivity index (χ1v) is 8.39. The van der Waals surface area contributed by atoms with E-state index in [2.05, 4.69) is 0 Å². The van der Waals surface area contributed by atoms with Gasteiger partial charge >= 0.3 is 0 Å². The molecule has 0 bridgehead atoms. The number of carbonyl (C=O) groups excluding carboxylic acids is 1.